The quantitative estimate of drug-likeness (QED) is 0.487. The van der Waals surface area contributed by atoms with Gasteiger partial charge >= 0.3 is 0 Å². The number of allylic oxidation sites excluding steroid dienone is 2. The maximum absolute atomic E-state index is 10.8. The summed E-state index contributed by atoms with van der Waals surface area (Å²) in [7, 11) is 0. The van der Waals surface area contributed by atoms with E-state index in [0.29, 0.717) is 5.57 Å². The monoisotopic (exact) mass is 153 g/mol. The highest BCUT2D eigenvalue weighted by Gasteiger charge is 2.02. The lowest BCUT2D eigenvalue weighted by Crippen LogP contribution is -2.13. The molecule has 11 heavy (non-hydrogen) atoms. The molecule has 0 spiro atoms. The van der Waals surface area contributed by atoms with E-state index >= 15 is 0 Å². The molecule has 0 saturated heterocycles. The van der Waals surface area contributed by atoms with E-state index in [1.165, 1.54) is 0 Å². The molecule has 0 unspecified atom stereocenters. The smallest absolute Gasteiger partial charge is 0.248 e. The van der Waals surface area contributed by atoms with E-state index in [1.54, 1.807) is 6.08 Å². The summed E-state index contributed by atoms with van der Waals surface area (Å²) < 4.78 is 0. The Kier molecular flexibility index (Phi) is 4.27. The molecule has 0 aromatic carbocycles. The van der Waals surface area contributed by atoms with Crippen LogP contribution in [0.15, 0.2) is 23.3 Å². The minimum atomic E-state index is -0.345. The molecule has 62 valence electrons. The Morgan fingerprint density at radius 2 is 2.09 bits per heavy atom. The zero-order valence-electron chi connectivity index (χ0n) is 7.35. The maximum Gasteiger partial charge on any atom is 0.248 e. The van der Waals surface area contributed by atoms with Crippen molar-refractivity contribution in [2.75, 3.05) is 0 Å². The number of primary amides is 1. The highest BCUT2D eigenvalue weighted by molar-refractivity contribution is 5.95. The van der Waals surface area contributed by atoms with Crippen molar-refractivity contribution in [3.63, 3.8) is 0 Å². The summed E-state index contributed by atoms with van der Waals surface area (Å²) in [5.74, 6) is -0.345. The maximum atomic E-state index is 10.8. The number of carbonyl (C=O) groups is 1. The number of nitrogens with two attached hydrogens (primary N) is 1. The number of rotatable bonds is 3. The average molecular weight is 153 g/mol. The standard InChI is InChI=1S/C9H15NO/c1-4-6-8(9(10)11)7(3)5-2/h4,6H,5H2,1-3H3,(H2,10,11)/b6-4-,8-7+. The van der Waals surface area contributed by atoms with Crippen molar-refractivity contribution in [3.8, 4) is 0 Å². The van der Waals surface area contributed by atoms with E-state index in [0.717, 1.165) is 12.0 Å². The lowest BCUT2D eigenvalue weighted by molar-refractivity contribution is -0.114. The van der Waals surface area contributed by atoms with Crippen LogP contribution in [0.2, 0.25) is 0 Å². The van der Waals surface area contributed by atoms with Crippen LogP contribution in [-0.4, -0.2) is 5.91 Å². The molecule has 1 amide bonds. The predicted octanol–water partition coefficient (Wildman–Crippen LogP) is 1.77. The molecule has 0 aliphatic rings. The first kappa shape index (κ1) is 9.95. The van der Waals surface area contributed by atoms with Crippen LogP contribution in [0, 0.1) is 0 Å². The first-order valence-corrected chi connectivity index (χ1v) is 3.75. The Morgan fingerprint density at radius 1 is 1.55 bits per heavy atom. The molecule has 0 fully saturated rings. The minimum absolute atomic E-state index is 0.345. The van der Waals surface area contributed by atoms with Gasteiger partial charge < -0.3 is 5.73 Å². The Labute approximate surface area is 67.8 Å². The van der Waals surface area contributed by atoms with Crippen LogP contribution < -0.4 is 5.73 Å². The molecule has 2 nitrogen and oxygen atoms in total. The van der Waals surface area contributed by atoms with Gasteiger partial charge in [0.2, 0.25) is 5.91 Å². The van der Waals surface area contributed by atoms with Crippen LogP contribution in [-0.2, 0) is 4.79 Å². The fourth-order valence-corrected chi connectivity index (χ4v) is 0.792. The molecule has 0 aliphatic carbocycles. The second kappa shape index (κ2) is 4.72. The molecular formula is C9H15NO. The lowest BCUT2D eigenvalue weighted by atomic mass is 10.1. The summed E-state index contributed by atoms with van der Waals surface area (Å²) in [5, 5.41) is 0. The van der Waals surface area contributed by atoms with Gasteiger partial charge in [-0.1, -0.05) is 24.6 Å². The van der Waals surface area contributed by atoms with E-state index in [4.69, 9.17) is 5.73 Å². The molecule has 2 N–H and O–H groups in total. The molecule has 0 saturated carbocycles. The third-order valence-corrected chi connectivity index (χ3v) is 1.59. The van der Waals surface area contributed by atoms with Crippen molar-refractivity contribution < 1.29 is 4.79 Å². The van der Waals surface area contributed by atoms with Crippen molar-refractivity contribution in [3.05, 3.63) is 23.3 Å². The molecule has 0 aromatic rings. The van der Waals surface area contributed by atoms with Crippen molar-refractivity contribution in [1.29, 1.82) is 0 Å². The lowest BCUT2D eigenvalue weighted by Gasteiger charge is -2.00. The first-order valence-electron chi connectivity index (χ1n) is 3.75. The zero-order valence-corrected chi connectivity index (χ0v) is 7.35. The topological polar surface area (TPSA) is 43.1 Å². The van der Waals surface area contributed by atoms with Crippen molar-refractivity contribution in [2.45, 2.75) is 27.2 Å². The number of hydrogen-bond donors (Lipinski definition) is 1. The van der Waals surface area contributed by atoms with Gasteiger partial charge in [0.05, 0.1) is 0 Å². The molecule has 0 aliphatic heterocycles. The highest BCUT2D eigenvalue weighted by Crippen LogP contribution is 2.08. The average Bonchev–Trinajstić information content (AvgIpc) is 1.98. The van der Waals surface area contributed by atoms with Crippen LogP contribution in [0.5, 0.6) is 0 Å². The molecule has 2 heteroatoms. The second-order valence-corrected chi connectivity index (χ2v) is 2.41. The number of amides is 1. The largest absolute Gasteiger partial charge is 0.366 e. The summed E-state index contributed by atoms with van der Waals surface area (Å²) in [6.45, 7) is 5.79. The van der Waals surface area contributed by atoms with E-state index in [1.807, 2.05) is 26.8 Å². The van der Waals surface area contributed by atoms with Crippen LogP contribution >= 0.6 is 0 Å². The van der Waals surface area contributed by atoms with Crippen molar-refractivity contribution in [2.24, 2.45) is 5.73 Å². The molecule has 0 bridgehead atoms. The van der Waals surface area contributed by atoms with Gasteiger partial charge in [0.15, 0.2) is 0 Å². The molecule has 0 radical (unpaired) electrons. The summed E-state index contributed by atoms with van der Waals surface area (Å²) in [6, 6.07) is 0. The normalized spacial score (nSPS) is 13.4. The SMILES string of the molecule is C/C=C\C(C(N)=O)=C(\C)CC. The van der Waals surface area contributed by atoms with E-state index in [-0.39, 0.29) is 5.91 Å². The highest BCUT2D eigenvalue weighted by atomic mass is 16.1. The summed E-state index contributed by atoms with van der Waals surface area (Å²) in [5.41, 5.74) is 6.82. The summed E-state index contributed by atoms with van der Waals surface area (Å²) >= 11 is 0. The fraction of sp³-hybridized carbons (Fsp3) is 0.444. The second-order valence-electron chi connectivity index (χ2n) is 2.41. The molecule has 0 atom stereocenters. The molecule has 0 aromatic heterocycles. The Bertz CT molecular complexity index is 202. The van der Waals surface area contributed by atoms with Gasteiger partial charge in [-0.15, -0.1) is 0 Å². The van der Waals surface area contributed by atoms with Gasteiger partial charge in [0, 0.05) is 5.57 Å². The third kappa shape index (κ3) is 3.03. The van der Waals surface area contributed by atoms with Gasteiger partial charge in [-0.2, -0.15) is 0 Å². The Morgan fingerprint density at radius 3 is 2.36 bits per heavy atom. The predicted molar refractivity (Wildman–Crippen MR) is 47.0 cm³/mol. The van der Waals surface area contributed by atoms with Gasteiger partial charge in [-0.05, 0) is 20.3 Å². The van der Waals surface area contributed by atoms with Crippen molar-refractivity contribution >= 4 is 5.91 Å². The van der Waals surface area contributed by atoms with Crippen LogP contribution in [0.1, 0.15) is 27.2 Å². The van der Waals surface area contributed by atoms with Gasteiger partial charge in [-0.3, -0.25) is 4.79 Å². The van der Waals surface area contributed by atoms with E-state index < -0.39 is 0 Å². The van der Waals surface area contributed by atoms with Crippen LogP contribution in [0.4, 0.5) is 0 Å². The van der Waals surface area contributed by atoms with Gasteiger partial charge in [0.25, 0.3) is 0 Å². The summed E-state index contributed by atoms with van der Waals surface area (Å²) in [4.78, 5) is 10.8. The molecular weight excluding hydrogens is 138 g/mol. The van der Waals surface area contributed by atoms with Crippen LogP contribution in [0.3, 0.4) is 0 Å². The fourth-order valence-electron chi connectivity index (χ4n) is 0.792. The Hall–Kier alpha value is -1.05. The van der Waals surface area contributed by atoms with E-state index in [9.17, 15) is 4.79 Å². The van der Waals surface area contributed by atoms with Gasteiger partial charge in [-0.25, -0.2) is 0 Å². The minimum Gasteiger partial charge on any atom is -0.366 e. The Balaban J connectivity index is 4.72. The summed E-state index contributed by atoms with van der Waals surface area (Å²) in [6.07, 6.45) is 4.43. The van der Waals surface area contributed by atoms with Gasteiger partial charge in [0.1, 0.15) is 0 Å². The van der Waals surface area contributed by atoms with Crippen molar-refractivity contribution in [1.82, 2.24) is 0 Å². The van der Waals surface area contributed by atoms with E-state index in [2.05, 4.69) is 0 Å². The molecule has 0 rings (SSSR count). The number of carbonyl (C=O) groups excluding carboxylic acids is 1. The first-order chi connectivity index (χ1) is 5.13. The third-order valence-electron chi connectivity index (χ3n) is 1.59. The number of hydrogen-bond acceptors (Lipinski definition) is 1. The van der Waals surface area contributed by atoms with Crippen LogP contribution in [0.25, 0.3) is 0 Å². The molecule has 0 heterocycles. The zero-order chi connectivity index (χ0) is 8.85.